The van der Waals surface area contributed by atoms with Crippen molar-refractivity contribution in [3.05, 3.63) is 35.9 Å². The first-order valence-corrected chi connectivity index (χ1v) is 7.40. The van der Waals surface area contributed by atoms with Crippen LogP contribution < -0.4 is 0 Å². The van der Waals surface area contributed by atoms with E-state index in [2.05, 4.69) is 0 Å². The van der Waals surface area contributed by atoms with Crippen LogP contribution in [0.5, 0.6) is 0 Å². The summed E-state index contributed by atoms with van der Waals surface area (Å²) >= 11 is 0. The molecule has 0 aromatic heterocycles. The van der Waals surface area contributed by atoms with Gasteiger partial charge < -0.3 is 14.2 Å². The van der Waals surface area contributed by atoms with E-state index in [1.165, 1.54) is 0 Å². The first-order chi connectivity index (χ1) is 9.82. The van der Waals surface area contributed by atoms with Crippen molar-refractivity contribution in [2.24, 2.45) is 0 Å². The average Bonchev–Trinajstić information content (AvgIpc) is 2.63. The van der Waals surface area contributed by atoms with E-state index in [0.717, 1.165) is 12.8 Å². The Balaban J connectivity index is 1.71. The van der Waals surface area contributed by atoms with Gasteiger partial charge in [0.05, 0.1) is 23.4 Å². The monoisotopic (exact) mass is 292 g/mol. The van der Waals surface area contributed by atoms with E-state index in [0.29, 0.717) is 12.2 Å². The van der Waals surface area contributed by atoms with Gasteiger partial charge in [0.2, 0.25) is 0 Å². The molecular weight excluding hydrogens is 268 g/mol. The van der Waals surface area contributed by atoms with Gasteiger partial charge in [-0.15, -0.1) is 0 Å². The molecule has 21 heavy (non-hydrogen) atoms. The quantitative estimate of drug-likeness (QED) is 0.615. The lowest BCUT2D eigenvalue weighted by Gasteiger charge is -2.30. The second kappa shape index (κ2) is 6.16. The maximum atomic E-state index is 11.8. The molecule has 0 amide bonds. The Hall–Kier alpha value is -1.39. The topological polar surface area (TPSA) is 44.8 Å². The van der Waals surface area contributed by atoms with E-state index in [4.69, 9.17) is 14.2 Å². The molecule has 0 spiro atoms. The number of carbonyl (C=O) groups is 1. The van der Waals surface area contributed by atoms with Gasteiger partial charge in [-0.1, -0.05) is 18.2 Å². The molecule has 1 aromatic rings. The van der Waals surface area contributed by atoms with Crippen LogP contribution in [0.1, 0.15) is 50.9 Å². The second-order valence-corrected chi connectivity index (χ2v) is 6.33. The molecule has 0 saturated carbocycles. The van der Waals surface area contributed by atoms with Crippen molar-refractivity contribution in [2.45, 2.75) is 58.0 Å². The Labute approximate surface area is 126 Å². The first kappa shape index (κ1) is 16.0. The highest BCUT2D eigenvalue weighted by atomic mass is 16.7. The summed E-state index contributed by atoms with van der Waals surface area (Å²) < 4.78 is 17.0. The van der Waals surface area contributed by atoms with Crippen LogP contribution in [0.4, 0.5) is 0 Å². The third kappa shape index (κ3) is 3.83. The van der Waals surface area contributed by atoms with Gasteiger partial charge in [0.15, 0.2) is 6.29 Å². The predicted molar refractivity (Wildman–Crippen MR) is 80.1 cm³/mol. The molecule has 1 saturated heterocycles. The molecule has 116 valence electrons. The molecule has 1 fully saturated rings. The Kier molecular flexibility index (Phi) is 4.69. The van der Waals surface area contributed by atoms with Crippen LogP contribution >= 0.6 is 0 Å². The zero-order valence-corrected chi connectivity index (χ0v) is 13.2. The number of rotatable bonds is 5. The minimum Gasteiger partial charge on any atom is -0.462 e. The lowest BCUT2D eigenvalue weighted by atomic mass is 9.90. The second-order valence-electron chi connectivity index (χ2n) is 6.33. The fourth-order valence-electron chi connectivity index (χ4n) is 2.16. The minimum atomic E-state index is -0.307. The molecule has 1 aliphatic heterocycles. The first-order valence-electron chi connectivity index (χ1n) is 7.40. The molecule has 0 bridgehead atoms. The SMILES string of the molecule is CC1(C)OC(CCCOC(=O)c2ccccc2)OC1(C)C. The van der Waals surface area contributed by atoms with E-state index in [1.807, 2.05) is 45.9 Å². The van der Waals surface area contributed by atoms with Crippen molar-refractivity contribution in [2.75, 3.05) is 6.61 Å². The largest absolute Gasteiger partial charge is 0.462 e. The van der Waals surface area contributed by atoms with E-state index >= 15 is 0 Å². The number of hydrogen-bond donors (Lipinski definition) is 0. The van der Waals surface area contributed by atoms with Crippen LogP contribution in [0.15, 0.2) is 30.3 Å². The van der Waals surface area contributed by atoms with Crippen LogP contribution in [0.3, 0.4) is 0 Å². The summed E-state index contributed by atoms with van der Waals surface area (Å²) in [5.41, 5.74) is -0.0373. The van der Waals surface area contributed by atoms with Gasteiger partial charge >= 0.3 is 5.97 Å². The summed E-state index contributed by atoms with van der Waals surface area (Å²) in [5.74, 6) is -0.287. The predicted octanol–water partition coefficient (Wildman–Crippen LogP) is 3.55. The summed E-state index contributed by atoms with van der Waals surface area (Å²) in [6.07, 6.45) is 1.20. The molecule has 0 unspecified atom stereocenters. The number of ether oxygens (including phenoxy) is 3. The smallest absolute Gasteiger partial charge is 0.338 e. The van der Waals surface area contributed by atoms with E-state index in [9.17, 15) is 4.79 Å². The summed E-state index contributed by atoms with van der Waals surface area (Å²) in [6, 6.07) is 9.00. The summed E-state index contributed by atoms with van der Waals surface area (Å²) in [5, 5.41) is 0. The van der Waals surface area contributed by atoms with Crippen molar-refractivity contribution in [3.63, 3.8) is 0 Å². The molecule has 0 aliphatic carbocycles. The van der Waals surface area contributed by atoms with Crippen molar-refractivity contribution in [3.8, 4) is 0 Å². The molecule has 4 nitrogen and oxygen atoms in total. The lowest BCUT2D eigenvalue weighted by molar-refractivity contribution is -0.0928. The molecule has 0 radical (unpaired) electrons. The van der Waals surface area contributed by atoms with Crippen LogP contribution in [0.2, 0.25) is 0 Å². The summed E-state index contributed by atoms with van der Waals surface area (Å²) in [4.78, 5) is 11.8. The van der Waals surface area contributed by atoms with Crippen LogP contribution in [-0.2, 0) is 14.2 Å². The average molecular weight is 292 g/mol. The van der Waals surface area contributed by atoms with E-state index in [-0.39, 0.29) is 23.5 Å². The molecule has 1 aliphatic rings. The Morgan fingerprint density at radius 2 is 1.67 bits per heavy atom. The molecule has 1 aromatic carbocycles. The van der Waals surface area contributed by atoms with Gasteiger partial charge in [-0.05, 0) is 46.2 Å². The lowest BCUT2D eigenvalue weighted by Crippen LogP contribution is -2.41. The Bertz CT molecular complexity index is 463. The fourth-order valence-corrected chi connectivity index (χ4v) is 2.16. The van der Waals surface area contributed by atoms with Crippen LogP contribution in [-0.4, -0.2) is 30.1 Å². The number of hydrogen-bond acceptors (Lipinski definition) is 4. The number of benzene rings is 1. The fraction of sp³-hybridized carbons (Fsp3) is 0.588. The summed E-state index contributed by atoms with van der Waals surface area (Å²) in [7, 11) is 0. The molecule has 1 heterocycles. The van der Waals surface area contributed by atoms with Gasteiger partial charge in [-0.3, -0.25) is 0 Å². The zero-order valence-electron chi connectivity index (χ0n) is 13.2. The van der Waals surface area contributed by atoms with Crippen molar-refractivity contribution >= 4 is 5.97 Å². The number of esters is 1. The normalized spacial score (nSPS) is 20.4. The van der Waals surface area contributed by atoms with Gasteiger partial charge in [0.25, 0.3) is 0 Å². The van der Waals surface area contributed by atoms with Crippen molar-refractivity contribution < 1.29 is 19.0 Å². The molecule has 0 N–H and O–H groups in total. The van der Waals surface area contributed by atoms with Crippen molar-refractivity contribution in [1.82, 2.24) is 0 Å². The third-order valence-electron chi connectivity index (χ3n) is 4.13. The van der Waals surface area contributed by atoms with Gasteiger partial charge in [0, 0.05) is 6.42 Å². The van der Waals surface area contributed by atoms with E-state index in [1.54, 1.807) is 12.1 Å². The highest BCUT2D eigenvalue weighted by molar-refractivity contribution is 5.89. The third-order valence-corrected chi connectivity index (χ3v) is 4.13. The van der Waals surface area contributed by atoms with Crippen LogP contribution in [0.25, 0.3) is 0 Å². The Morgan fingerprint density at radius 1 is 1.10 bits per heavy atom. The molecular formula is C17H24O4. The van der Waals surface area contributed by atoms with Gasteiger partial charge in [-0.2, -0.15) is 0 Å². The molecule has 0 atom stereocenters. The maximum Gasteiger partial charge on any atom is 0.338 e. The number of carbonyl (C=O) groups excluding carboxylic acids is 1. The standard InChI is InChI=1S/C17H24O4/c1-16(2)17(3,4)21-14(20-16)11-8-12-19-15(18)13-9-6-5-7-10-13/h5-7,9-10,14H,8,11-12H2,1-4H3. The van der Waals surface area contributed by atoms with Crippen LogP contribution in [0, 0.1) is 0 Å². The van der Waals surface area contributed by atoms with Gasteiger partial charge in [-0.25, -0.2) is 4.79 Å². The zero-order chi connectivity index (χ0) is 15.5. The van der Waals surface area contributed by atoms with Gasteiger partial charge in [0.1, 0.15) is 0 Å². The highest BCUT2D eigenvalue weighted by Crippen LogP contribution is 2.39. The maximum absolute atomic E-state index is 11.8. The summed E-state index contributed by atoms with van der Waals surface area (Å²) in [6.45, 7) is 8.49. The van der Waals surface area contributed by atoms with Crippen molar-refractivity contribution in [1.29, 1.82) is 0 Å². The minimum absolute atomic E-state index is 0.231. The Morgan fingerprint density at radius 3 is 2.24 bits per heavy atom. The molecule has 2 rings (SSSR count). The highest BCUT2D eigenvalue weighted by Gasteiger charge is 2.48. The molecule has 4 heteroatoms. The van der Waals surface area contributed by atoms with E-state index < -0.39 is 0 Å².